The summed E-state index contributed by atoms with van der Waals surface area (Å²) >= 11 is 1.14. The zero-order chi connectivity index (χ0) is 31.4. The van der Waals surface area contributed by atoms with Crippen molar-refractivity contribution in [3.8, 4) is 22.1 Å². The van der Waals surface area contributed by atoms with Crippen molar-refractivity contribution >= 4 is 38.2 Å². The Morgan fingerprint density at radius 2 is 1.78 bits per heavy atom. The molecule has 1 saturated carbocycles. The average Bonchev–Trinajstić information content (AvgIpc) is 3.66. The van der Waals surface area contributed by atoms with E-state index in [-0.39, 0.29) is 28.6 Å². The normalized spacial score (nSPS) is 16.2. The molecule has 0 spiro atoms. The van der Waals surface area contributed by atoms with Gasteiger partial charge in [-0.1, -0.05) is 28.6 Å². The second-order valence-corrected chi connectivity index (χ2v) is 13.8. The number of rotatable bonds is 12. The largest absolute Gasteiger partial charge is 0.460 e. The van der Waals surface area contributed by atoms with Gasteiger partial charge in [-0.25, -0.2) is 18.2 Å². The van der Waals surface area contributed by atoms with Crippen LogP contribution in [-0.2, 0) is 28.8 Å². The Balaban J connectivity index is 1.11. The lowest BCUT2D eigenvalue weighted by Gasteiger charge is -2.27. The predicted octanol–water partition coefficient (Wildman–Crippen LogP) is 5.58. The van der Waals surface area contributed by atoms with Crippen LogP contribution in [-0.4, -0.2) is 61.6 Å². The van der Waals surface area contributed by atoms with Crippen molar-refractivity contribution in [1.29, 1.82) is 0 Å². The summed E-state index contributed by atoms with van der Waals surface area (Å²) in [4.78, 5) is 29.9. The maximum absolute atomic E-state index is 13.5. The third-order valence-corrected chi connectivity index (χ3v) is 10.3. The Kier molecular flexibility index (Phi) is 9.26. The highest BCUT2D eigenvalue weighted by molar-refractivity contribution is 7.92. The van der Waals surface area contributed by atoms with Crippen LogP contribution in [0.4, 0.5) is 5.13 Å². The Hall–Kier alpha value is -4.11. The van der Waals surface area contributed by atoms with E-state index in [2.05, 4.69) is 15.5 Å². The smallest absolute Gasteiger partial charge is 0.377 e. The molecule has 1 unspecified atom stereocenters. The fraction of sp³-hybridized carbons (Fsp3) is 0.355. The van der Waals surface area contributed by atoms with E-state index in [1.54, 1.807) is 55.5 Å². The van der Waals surface area contributed by atoms with Crippen LogP contribution < -0.4 is 10.1 Å². The lowest BCUT2D eigenvalue weighted by Crippen LogP contribution is -2.31. The third kappa shape index (κ3) is 7.41. The molecule has 1 saturated heterocycles. The van der Waals surface area contributed by atoms with E-state index < -0.39 is 27.8 Å². The van der Waals surface area contributed by atoms with Crippen molar-refractivity contribution in [3.05, 3.63) is 72.1 Å². The van der Waals surface area contributed by atoms with Gasteiger partial charge in [-0.15, -0.1) is 0 Å². The number of hydrogen-bond donors (Lipinski definition) is 1. The molecule has 6 rings (SSSR count). The molecule has 2 aromatic heterocycles. The van der Waals surface area contributed by atoms with Crippen LogP contribution in [0.5, 0.6) is 10.8 Å². The highest BCUT2D eigenvalue weighted by Crippen LogP contribution is 2.35. The van der Waals surface area contributed by atoms with Crippen molar-refractivity contribution in [3.63, 3.8) is 0 Å². The molecule has 1 N–H and O–H groups in total. The molecule has 2 fully saturated rings. The van der Waals surface area contributed by atoms with Gasteiger partial charge in [0, 0.05) is 24.8 Å². The number of nitrogens with one attached hydrogen (secondary N) is 1. The zero-order valence-corrected chi connectivity index (χ0v) is 26.0. The lowest BCUT2D eigenvalue weighted by atomic mass is 10.1. The van der Waals surface area contributed by atoms with E-state index >= 15 is 0 Å². The van der Waals surface area contributed by atoms with Crippen LogP contribution in [0.15, 0.2) is 70.2 Å². The summed E-state index contributed by atoms with van der Waals surface area (Å²) in [5, 5.41) is 7.18. The maximum Gasteiger partial charge on any atom is 0.377 e. The summed E-state index contributed by atoms with van der Waals surface area (Å²) < 4.78 is 52.9. The quantitative estimate of drug-likeness (QED) is 0.191. The number of hydrogen-bond acceptors (Lipinski definition) is 12. The van der Waals surface area contributed by atoms with Gasteiger partial charge in [0.05, 0.1) is 29.1 Å². The molecule has 1 aliphatic carbocycles. The third-order valence-electron chi connectivity index (χ3n) is 7.28. The van der Waals surface area contributed by atoms with Crippen LogP contribution >= 0.6 is 11.3 Å². The minimum Gasteiger partial charge on any atom is -0.460 e. The minimum atomic E-state index is -3.35. The van der Waals surface area contributed by atoms with Gasteiger partial charge in [-0.2, -0.15) is 0 Å². The van der Waals surface area contributed by atoms with Gasteiger partial charge in [0.1, 0.15) is 11.4 Å². The number of carbonyl (C=O) groups excluding carboxylic acids is 2. The number of esters is 1. The zero-order valence-electron chi connectivity index (χ0n) is 24.3. The fourth-order valence-corrected chi connectivity index (χ4v) is 7.10. The first-order valence-corrected chi connectivity index (χ1v) is 16.9. The first kappa shape index (κ1) is 30.9. The first-order chi connectivity index (χ1) is 21.8. The molecule has 14 heteroatoms. The molecular formula is C31H31N3O9S2. The van der Waals surface area contributed by atoms with Gasteiger partial charge in [-0.05, 0) is 74.6 Å². The van der Waals surface area contributed by atoms with E-state index in [1.165, 1.54) is 12.3 Å². The van der Waals surface area contributed by atoms with Gasteiger partial charge in [0.25, 0.3) is 5.91 Å². The number of benzene rings is 2. The van der Waals surface area contributed by atoms with E-state index in [1.807, 2.05) is 0 Å². The van der Waals surface area contributed by atoms with Crippen molar-refractivity contribution in [2.75, 3.05) is 25.1 Å². The molecule has 12 nitrogen and oxygen atoms in total. The summed E-state index contributed by atoms with van der Waals surface area (Å²) in [7, 11) is -3.35. The van der Waals surface area contributed by atoms with Crippen molar-refractivity contribution in [2.45, 2.75) is 55.0 Å². The summed E-state index contributed by atoms with van der Waals surface area (Å²) in [6, 6.07) is 14.9. The fourth-order valence-electron chi connectivity index (χ4n) is 4.75. The van der Waals surface area contributed by atoms with Crippen LogP contribution in [0.25, 0.3) is 11.3 Å². The average molecular weight is 654 g/mol. The van der Waals surface area contributed by atoms with Crippen LogP contribution in [0, 0.1) is 0 Å². The van der Waals surface area contributed by atoms with Gasteiger partial charge >= 0.3 is 5.97 Å². The Bertz CT molecular complexity index is 1740. The molecule has 1 amide bonds. The van der Waals surface area contributed by atoms with Crippen LogP contribution in [0.2, 0.25) is 0 Å². The molecule has 236 valence electrons. The number of amides is 1. The van der Waals surface area contributed by atoms with Crippen molar-refractivity contribution < 1.29 is 41.5 Å². The van der Waals surface area contributed by atoms with Gasteiger partial charge in [0.15, 0.2) is 21.1 Å². The standard InChI is InChI=1S/C31H31N3O9S2/c1-2-40-30(36)26-17-25(34-43-26)19-3-7-21(8-4-19)41-27-18-32-31(44-27)33-29(35)28(42-22-13-15-39-16-14-22)20-5-9-23(10-6-20)45(37,38)24-11-12-24/h3-10,17-18,22,24,28H,2,11-16H2,1H3,(H,32,33,35). The highest BCUT2D eigenvalue weighted by atomic mass is 32.2. The van der Waals surface area contributed by atoms with Crippen molar-refractivity contribution in [2.24, 2.45) is 0 Å². The van der Waals surface area contributed by atoms with Gasteiger partial charge < -0.3 is 23.5 Å². The Morgan fingerprint density at radius 1 is 1.04 bits per heavy atom. The topological polar surface area (TPSA) is 156 Å². The number of carbonyl (C=O) groups is 2. The minimum absolute atomic E-state index is 0.0188. The SMILES string of the molecule is CCOC(=O)c1cc(-c2ccc(Oc3cnc(NC(=O)C(OC4CCOCC4)c4ccc(S(=O)(=O)C5CC5)cc4)s3)cc2)no1. The molecule has 2 aliphatic rings. The predicted molar refractivity (Wildman–Crippen MR) is 163 cm³/mol. The van der Waals surface area contributed by atoms with E-state index in [0.717, 1.165) is 11.3 Å². The number of thiazole rings is 1. The maximum atomic E-state index is 13.5. The Labute approximate surface area is 263 Å². The second-order valence-electron chi connectivity index (χ2n) is 10.5. The molecular weight excluding hydrogens is 622 g/mol. The Morgan fingerprint density at radius 3 is 2.47 bits per heavy atom. The molecule has 1 atom stereocenters. The molecule has 1 aliphatic heterocycles. The number of anilines is 1. The van der Waals surface area contributed by atoms with Gasteiger partial charge in [0.2, 0.25) is 10.8 Å². The molecule has 45 heavy (non-hydrogen) atoms. The van der Waals surface area contributed by atoms with Crippen molar-refractivity contribution in [1.82, 2.24) is 10.1 Å². The monoisotopic (exact) mass is 653 g/mol. The summed E-state index contributed by atoms with van der Waals surface area (Å²) in [6.45, 7) is 3.02. The molecule has 0 bridgehead atoms. The van der Waals surface area contributed by atoms with E-state index in [4.69, 9.17) is 23.5 Å². The first-order valence-electron chi connectivity index (χ1n) is 14.6. The van der Waals surface area contributed by atoms with Crippen LogP contribution in [0.3, 0.4) is 0 Å². The number of aromatic nitrogens is 2. The summed E-state index contributed by atoms with van der Waals surface area (Å²) in [5.41, 5.74) is 1.74. The molecule has 2 aromatic carbocycles. The number of ether oxygens (including phenoxy) is 4. The lowest BCUT2D eigenvalue weighted by molar-refractivity contribution is -0.136. The van der Waals surface area contributed by atoms with E-state index in [9.17, 15) is 18.0 Å². The molecule has 0 radical (unpaired) electrons. The van der Waals surface area contributed by atoms with Gasteiger partial charge in [-0.3, -0.25) is 10.1 Å². The number of nitrogens with zero attached hydrogens (tertiary/aromatic N) is 2. The molecule has 4 aromatic rings. The number of sulfone groups is 1. The van der Waals surface area contributed by atoms with Crippen LogP contribution in [0.1, 0.15) is 54.8 Å². The second kappa shape index (κ2) is 13.5. The highest BCUT2D eigenvalue weighted by Gasteiger charge is 2.37. The van der Waals surface area contributed by atoms with E-state index in [0.29, 0.717) is 71.7 Å². The summed E-state index contributed by atoms with van der Waals surface area (Å²) in [6.07, 6.45) is 2.99. The summed E-state index contributed by atoms with van der Waals surface area (Å²) in [5.74, 6) is -0.468. The molecule has 3 heterocycles.